The minimum Gasteiger partial charge on any atom is -0.367 e. The first-order chi connectivity index (χ1) is 6.16. The van der Waals surface area contributed by atoms with Gasteiger partial charge in [0, 0.05) is 0 Å². The fraction of sp³-hybridized carbons (Fsp3) is 0.556. The van der Waals surface area contributed by atoms with Crippen LogP contribution in [0.15, 0.2) is 23.8 Å². The van der Waals surface area contributed by atoms with Gasteiger partial charge in [-0.1, -0.05) is 12.2 Å². The van der Waals surface area contributed by atoms with Gasteiger partial charge in [-0.25, -0.2) is 0 Å². The van der Waals surface area contributed by atoms with E-state index in [0.717, 1.165) is 5.57 Å². The van der Waals surface area contributed by atoms with Crippen LogP contribution in [0.3, 0.4) is 0 Å². The highest BCUT2D eigenvalue weighted by molar-refractivity contribution is 5.32. The van der Waals surface area contributed by atoms with Gasteiger partial charge >= 0.3 is 0 Å². The van der Waals surface area contributed by atoms with Crippen LogP contribution in [0.4, 0.5) is 0 Å². The molecule has 2 aliphatic rings. The zero-order valence-electron chi connectivity index (χ0n) is 7.13. The average molecular weight is 183 g/mol. The van der Waals surface area contributed by atoms with Crippen LogP contribution in [0.5, 0.6) is 0 Å². The number of ether oxygens (including phenoxy) is 1. The minimum atomic E-state index is -1.45. The van der Waals surface area contributed by atoms with E-state index in [4.69, 9.17) is 20.7 Å². The molecule has 72 valence electrons. The molecule has 13 heavy (non-hydrogen) atoms. The first-order valence-electron chi connectivity index (χ1n) is 4.33. The van der Waals surface area contributed by atoms with Crippen LogP contribution in [0.25, 0.3) is 0 Å². The van der Waals surface area contributed by atoms with Crippen LogP contribution in [0.1, 0.15) is 6.42 Å². The fourth-order valence-electron chi connectivity index (χ4n) is 1.42. The van der Waals surface area contributed by atoms with Crippen molar-refractivity contribution in [3.63, 3.8) is 0 Å². The van der Waals surface area contributed by atoms with Gasteiger partial charge in [-0.15, -0.1) is 0 Å². The molecule has 1 aliphatic heterocycles. The standard InChI is InChI=1S/C9H13NO3/c10-6(9(11)12)3-5-1-2-7-8(4-5)13-7/h1-2,4,6-9,11-12H,3,10H2/t6-,7?,8?/m0/s1. The lowest BCUT2D eigenvalue weighted by Crippen LogP contribution is -2.34. The molecule has 1 heterocycles. The summed E-state index contributed by atoms with van der Waals surface area (Å²) in [7, 11) is 0. The maximum Gasteiger partial charge on any atom is 0.167 e. The van der Waals surface area contributed by atoms with E-state index < -0.39 is 12.3 Å². The van der Waals surface area contributed by atoms with Crippen LogP contribution in [-0.4, -0.2) is 34.8 Å². The molecule has 0 saturated carbocycles. The van der Waals surface area contributed by atoms with Crippen molar-refractivity contribution in [2.24, 2.45) is 5.73 Å². The molecular weight excluding hydrogens is 170 g/mol. The second kappa shape index (κ2) is 3.23. The second-order valence-electron chi connectivity index (χ2n) is 3.45. The SMILES string of the molecule is N[C@@H](CC1=CC2OC2C=C1)C(O)O. The number of allylic oxidation sites excluding steroid dienone is 1. The van der Waals surface area contributed by atoms with Crippen molar-refractivity contribution in [1.82, 2.24) is 0 Å². The van der Waals surface area contributed by atoms with Crippen LogP contribution in [0, 0.1) is 0 Å². The molecule has 4 N–H and O–H groups in total. The molecule has 0 amide bonds. The van der Waals surface area contributed by atoms with E-state index in [1.54, 1.807) is 0 Å². The molecule has 4 nitrogen and oxygen atoms in total. The normalized spacial score (nSPS) is 32.8. The predicted molar refractivity (Wildman–Crippen MR) is 46.7 cm³/mol. The van der Waals surface area contributed by atoms with Crippen molar-refractivity contribution >= 4 is 0 Å². The molecule has 4 heteroatoms. The lowest BCUT2D eigenvalue weighted by molar-refractivity contribution is -0.0575. The van der Waals surface area contributed by atoms with E-state index in [1.807, 2.05) is 18.2 Å². The number of hydrogen-bond acceptors (Lipinski definition) is 4. The van der Waals surface area contributed by atoms with Gasteiger partial charge in [-0.2, -0.15) is 0 Å². The van der Waals surface area contributed by atoms with Crippen LogP contribution >= 0.6 is 0 Å². The number of fused-ring (bicyclic) bond motifs is 1. The third-order valence-electron chi connectivity index (χ3n) is 2.29. The quantitative estimate of drug-likeness (QED) is 0.398. The Morgan fingerprint density at radius 1 is 1.46 bits per heavy atom. The third-order valence-corrected chi connectivity index (χ3v) is 2.29. The minimum absolute atomic E-state index is 0.197. The van der Waals surface area contributed by atoms with E-state index in [9.17, 15) is 0 Å². The van der Waals surface area contributed by atoms with Crippen LogP contribution < -0.4 is 5.73 Å². The average Bonchev–Trinajstić information content (AvgIpc) is 2.81. The highest BCUT2D eigenvalue weighted by Crippen LogP contribution is 2.31. The Morgan fingerprint density at radius 3 is 2.85 bits per heavy atom. The Bertz CT molecular complexity index is 260. The smallest absolute Gasteiger partial charge is 0.167 e. The number of hydrogen-bond donors (Lipinski definition) is 3. The molecule has 3 atom stereocenters. The summed E-state index contributed by atoms with van der Waals surface area (Å²) in [4.78, 5) is 0. The molecule has 2 rings (SSSR count). The van der Waals surface area contributed by atoms with Gasteiger partial charge in [-0.3, -0.25) is 0 Å². The van der Waals surface area contributed by atoms with Gasteiger partial charge < -0.3 is 20.7 Å². The molecule has 0 aromatic carbocycles. The summed E-state index contributed by atoms with van der Waals surface area (Å²) in [5, 5.41) is 17.6. The maximum absolute atomic E-state index is 8.78. The molecule has 0 spiro atoms. The third kappa shape index (κ3) is 1.97. The van der Waals surface area contributed by atoms with E-state index in [2.05, 4.69) is 0 Å². The van der Waals surface area contributed by atoms with Gasteiger partial charge in [0.1, 0.15) is 12.2 Å². The van der Waals surface area contributed by atoms with E-state index in [0.29, 0.717) is 6.42 Å². The Labute approximate surface area is 76.3 Å². The van der Waals surface area contributed by atoms with E-state index in [-0.39, 0.29) is 12.2 Å². The fourth-order valence-corrected chi connectivity index (χ4v) is 1.42. The molecule has 0 aromatic rings. The first-order valence-corrected chi connectivity index (χ1v) is 4.33. The number of epoxide rings is 1. The van der Waals surface area contributed by atoms with Crippen molar-refractivity contribution in [2.45, 2.75) is 31.0 Å². The monoisotopic (exact) mass is 183 g/mol. The van der Waals surface area contributed by atoms with E-state index >= 15 is 0 Å². The maximum atomic E-state index is 8.78. The summed E-state index contributed by atoms with van der Waals surface area (Å²) in [6.45, 7) is 0. The first kappa shape index (κ1) is 8.90. The summed E-state index contributed by atoms with van der Waals surface area (Å²) in [6.07, 6.45) is 5.34. The van der Waals surface area contributed by atoms with Crippen LogP contribution in [-0.2, 0) is 4.74 Å². The summed E-state index contributed by atoms with van der Waals surface area (Å²) in [5.74, 6) is 0. The number of rotatable bonds is 3. The largest absolute Gasteiger partial charge is 0.367 e. The molecular formula is C9H13NO3. The summed E-state index contributed by atoms with van der Waals surface area (Å²) in [5.41, 5.74) is 6.50. The molecule has 0 radical (unpaired) electrons. The molecule has 1 saturated heterocycles. The molecule has 1 aliphatic carbocycles. The second-order valence-corrected chi connectivity index (χ2v) is 3.45. The Balaban J connectivity index is 1.91. The highest BCUT2D eigenvalue weighted by Gasteiger charge is 2.36. The number of aliphatic hydroxyl groups excluding tert-OH is 1. The summed E-state index contributed by atoms with van der Waals surface area (Å²) >= 11 is 0. The van der Waals surface area contributed by atoms with Gasteiger partial charge in [0.25, 0.3) is 0 Å². The number of aliphatic hydroxyl groups is 2. The highest BCUT2D eigenvalue weighted by atomic mass is 16.6. The van der Waals surface area contributed by atoms with Crippen molar-refractivity contribution in [3.8, 4) is 0 Å². The molecule has 1 fully saturated rings. The topological polar surface area (TPSA) is 79.0 Å². The van der Waals surface area contributed by atoms with Crippen LogP contribution in [0.2, 0.25) is 0 Å². The number of nitrogens with two attached hydrogens (primary N) is 1. The van der Waals surface area contributed by atoms with Gasteiger partial charge in [0.05, 0.1) is 6.04 Å². The molecule has 0 bridgehead atoms. The van der Waals surface area contributed by atoms with Crippen molar-refractivity contribution in [2.75, 3.05) is 0 Å². The zero-order chi connectivity index (χ0) is 9.42. The van der Waals surface area contributed by atoms with Gasteiger partial charge in [0.15, 0.2) is 6.29 Å². The Hall–Kier alpha value is -0.680. The van der Waals surface area contributed by atoms with E-state index in [1.165, 1.54) is 0 Å². The van der Waals surface area contributed by atoms with Crippen molar-refractivity contribution in [3.05, 3.63) is 23.8 Å². The predicted octanol–water partition coefficient (Wildman–Crippen LogP) is -0.722. The lowest BCUT2D eigenvalue weighted by atomic mass is 10.0. The summed E-state index contributed by atoms with van der Waals surface area (Å²) in [6, 6.07) is -0.619. The Kier molecular flexibility index (Phi) is 2.21. The summed E-state index contributed by atoms with van der Waals surface area (Å²) < 4.78 is 5.22. The van der Waals surface area contributed by atoms with Crippen molar-refractivity contribution in [1.29, 1.82) is 0 Å². The van der Waals surface area contributed by atoms with Crippen molar-refractivity contribution < 1.29 is 14.9 Å². The zero-order valence-corrected chi connectivity index (χ0v) is 7.13. The van der Waals surface area contributed by atoms with Gasteiger partial charge in [-0.05, 0) is 18.1 Å². The Morgan fingerprint density at radius 2 is 2.23 bits per heavy atom. The van der Waals surface area contributed by atoms with Gasteiger partial charge in [0.2, 0.25) is 0 Å². The lowest BCUT2D eigenvalue weighted by Gasteiger charge is -2.14. The molecule has 0 aromatic heterocycles. The molecule has 2 unspecified atom stereocenters.